The average Bonchev–Trinajstić information content (AvgIpc) is 2.37. The predicted octanol–water partition coefficient (Wildman–Crippen LogP) is 4.69. The predicted molar refractivity (Wildman–Crippen MR) is 73.8 cm³/mol. The highest BCUT2D eigenvalue weighted by Gasteiger charge is 2.17. The van der Waals surface area contributed by atoms with Crippen molar-refractivity contribution in [1.29, 1.82) is 0 Å². The first kappa shape index (κ1) is 10.9. The van der Waals surface area contributed by atoms with E-state index in [0.29, 0.717) is 0 Å². The molecule has 0 amide bonds. The Balaban J connectivity index is 2.05. The van der Waals surface area contributed by atoms with Crippen molar-refractivity contribution >= 4 is 11.8 Å². The van der Waals surface area contributed by atoms with Gasteiger partial charge in [0.2, 0.25) is 0 Å². The van der Waals surface area contributed by atoms with Crippen molar-refractivity contribution in [3.05, 3.63) is 59.2 Å². The highest BCUT2D eigenvalue weighted by atomic mass is 32.2. The summed E-state index contributed by atoms with van der Waals surface area (Å²) in [5.41, 5.74) is 4.57. The highest BCUT2D eigenvalue weighted by Crippen LogP contribution is 2.40. The molecule has 17 heavy (non-hydrogen) atoms. The fourth-order valence-electron chi connectivity index (χ4n) is 2.47. The minimum atomic E-state index is 1.11. The van der Waals surface area contributed by atoms with E-state index in [2.05, 4.69) is 49.4 Å². The van der Waals surface area contributed by atoms with Gasteiger partial charge in [-0.3, -0.25) is 0 Å². The third-order valence-electron chi connectivity index (χ3n) is 3.31. The molecule has 2 aromatic carbocycles. The molecule has 0 bridgehead atoms. The van der Waals surface area contributed by atoms with Crippen LogP contribution in [0.5, 0.6) is 0 Å². The van der Waals surface area contributed by atoms with Gasteiger partial charge >= 0.3 is 0 Å². The van der Waals surface area contributed by atoms with Crippen molar-refractivity contribution in [2.75, 3.05) is 0 Å². The summed E-state index contributed by atoms with van der Waals surface area (Å²) in [4.78, 5) is 2.88. The average molecular weight is 240 g/mol. The van der Waals surface area contributed by atoms with Crippen molar-refractivity contribution < 1.29 is 0 Å². The second kappa shape index (κ2) is 4.58. The zero-order chi connectivity index (χ0) is 11.7. The molecule has 0 unspecified atom stereocenters. The topological polar surface area (TPSA) is 0 Å². The number of hydrogen-bond donors (Lipinski definition) is 0. The van der Waals surface area contributed by atoms with E-state index in [-0.39, 0.29) is 0 Å². The van der Waals surface area contributed by atoms with Gasteiger partial charge in [0.15, 0.2) is 0 Å². The normalized spacial score (nSPS) is 13.0. The molecule has 0 N–H and O–H groups in total. The zero-order valence-corrected chi connectivity index (χ0v) is 10.9. The first-order valence-corrected chi connectivity index (χ1v) is 7.06. The van der Waals surface area contributed by atoms with Crippen molar-refractivity contribution in [1.82, 2.24) is 0 Å². The Morgan fingerprint density at radius 1 is 1.00 bits per heavy atom. The van der Waals surface area contributed by atoms with Crippen LogP contribution in [0, 0.1) is 0 Å². The largest absolute Gasteiger partial charge is 0.0895 e. The molecular formula is C16H16S. The van der Waals surface area contributed by atoms with Gasteiger partial charge in [0.1, 0.15) is 0 Å². The van der Waals surface area contributed by atoms with E-state index in [1.54, 1.807) is 5.56 Å². The molecule has 1 aliphatic heterocycles. The maximum Gasteiger partial charge on any atom is 0.0160 e. The lowest BCUT2D eigenvalue weighted by Crippen LogP contribution is -2.03. The molecule has 1 aliphatic rings. The molecule has 0 aromatic heterocycles. The molecule has 0 saturated carbocycles. The molecule has 1 heteroatoms. The van der Waals surface area contributed by atoms with E-state index in [4.69, 9.17) is 0 Å². The van der Waals surface area contributed by atoms with Crippen LogP contribution in [0.2, 0.25) is 0 Å². The van der Waals surface area contributed by atoms with Crippen molar-refractivity contribution in [3.8, 4) is 0 Å². The van der Waals surface area contributed by atoms with E-state index in [9.17, 15) is 0 Å². The van der Waals surface area contributed by atoms with Gasteiger partial charge in [0.05, 0.1) is 0 Å². The van der Waals surface area contributed by atoms with E-state index in [0.717, 1.165) is 6.42 Å². The number of rotatable bonds is 2. The molecule has 1 heterocycles. The van der Waals surface area contributed by atoms with Crippen molar-refractivity contribution in [2.45, 2.75) is 36.0 Å². The third-order valence-corrected chi connectivity index (χ3v) is 4.53. The molecule has 0 spiro atoms. The molecular weight excluding hydrogens is 224 g/mol. The summed E-state index contributed by atoms with van der Waals surface area (Å²) in [7, 11) is 0. The first-order valence-electron chi connectivity index (χ1n) is 6.25. The minimum absolute atomic E-state index is 1.11. The maximum absolute atomic E-state index is 2.29. The van der Waals surface area contributed by atoms with Crippen LogP contribution in [0.25, 0.3) is 0 Å². The van der Waals surface area contributed by atoms with Gasteiger partial charge in [-0.25, -0.2) is 0 Å². The molecule has 3 rings (SSSR count). The Kier molecular flexibility index (Phi) is 2.94. The van der Waals surface area contributed by atoms with Gasteiger partial charge in [-0.1, -0.05) is 55.4 Å². The summed E-state index contributed by atoms with van der Waals surface area (Å²) in [6.45, 7) is 2.25. The lowest BCUT2D eigenvalue weighted by molar-refractivity contribution is 0.887. The van der Waals surface area contributed by atoms with E-state index < -0.39 is 0 Å². The van der Waals surface area contributed by atoms with E-state index >= 15 is 0 Å². The first-order chi connectivity index (χ1) is 8.38. The molecule has 0 fully saturated rings. The van der Waals surface area contributed by atoms with Gasteiger partial charge in [0.25, 0.3) is 0 Å². The van der Waals surface area contributed by atoms with Crippen LogP contribution in [-0.4, -0.2) is 0 Å². The van der Waals surface area contributed by atoms with Gasteiger partial charge in [-0.2, -0.15) is 0 Å². The molecule has 86 valence electrons. The number of benzene rings is 2. The molecule has 0 atom stereocenters. The fourth-order valence-corrected chi connectivity index (χ4v) is 3.60. The maximum atomic E-state index is 2.29. The quantitative estimate of drug-likeness (QED) is 0.626. The van der Waals surface area contributed by atoms with Gasteiger partial charge < -0.3 is 0 Å². The fraction of sp³-hybridized carbons (Fsp3) is 0.250. The summed E-state index contributed by atoms with van der Waals surface area (Å²) >= 11 is 1.92. The van der Waals surface area contributed by atoms with Gasteiger partial charge in [0, 0.05) is 9.79 Å². The molecule has 0 nitrogen and oxygen atoms in total. The van der Waals surface area contributed by atoms with E-state index in [1.165, 1.54) is 33.8 Å². The monoisotopic (exact) mass is 240 g/mol. The minimum Gasteiger partial charge on any atom is -0.0895 e. The summed E-state index contributed by atoms with van der Waals surface area (Å²) in [5, 5.41) is 0. The van der Waals surface area contributed by atoms with Crippen LogP contribution in [0.4, 0.5) is 0 Å². The van der Waals surface area contributed by atoms with Crippen LogP contribution < -0.4 is 0 Å². The SMILES string of the molecule is CCCc1cccc2c1Cc1ccccc1S2. The Hall–Kier alpha value is -1.21. The Bertz CT molecular complexity index is 543. The van der Waals surface area contributed by atoms with Crippen LogP contribution >= 0.6 is 11.8 Å². The summed E-state index contributed by atoms with van der Waals surface area (Å²) < 4.78 is 0. The second-order valence-electron chi connectivity index (χ2n) is 4.53. The van der Waals surface area contributed by atoms with Crippen LogP contribution in [0.15, 0.2) is 52.3 Å². The van der Waals surface area contributed by atoms with Crippen LogP contribution in [0.1, 0.15) is 30.0 Å². The molecule has 0 saturated heterocycles. The standard InChI is InChI=1S/C16H16S/c1-2-6-12-8-5-10-16-14(12)11-13-7-3-4-9-15(13)17-16/h3-5,7-10H,2,6,11H2,1H3. The van der Waals surface area contributed by atoms with Crippen LogP contribution in [-0.2, 0) is 12.8 Å². The van der Waals surface area contributed by atoms with Crippen molar-refractivity contribution in [3.63, 3.8) is 0 Å². The van der Waals surface area contributed by atoms with Gasteiger partial charge in [-0.05, 0) is 41.7 Å². The summed E-state index contributed by atoms with van der Waals surface area (Å²) in [5.74, 6) is 0. The smallest absolute Gasteiger partial charge is 0.0160 e. The second-order valence-corrected chi connectivity index (χ2v) is 5.61. The number of aryl methyl sites for hydroxylation is 1. The Morgan fingerprint density at radius 2 is 1.82 bits per heavy atom. The molecule has 0 radical (unpaired) electrons. The molecule has 0 aliphatic carbocycles. The summed E-state index contributed by atoms with van der Waals surface area (Å²) in [6.07, 6.45) is 3.53. The van der Waals surface area contributed by atoms with E-state index in [1.807, 2.05) is 11.8 Å². The van der Waals surface area contributed by atoms with Crippen molar-refractivity contribution in [2.24, 2.45) is 0 Å². The Morgan fingerprint density at radius 3 is 2.71 bits per heavy atom. The highest BCUT2D eigenvalue weighted by molar-refractivity contribution is 7.99. The zero-order valence-electron chi connectivity index (χ0n) is 10.1. The Labute approximate surface area is 107 Å². The van der Waals surface area contributed by atoms with Gasteiger partial charge in [-0.15, -0.1) is 0 Å². The lowest BCUT2D eigenvalue weighted by atomic mass is 9.96. The lowest BCUT2D eigenvalue weighted by Gasteiger charge is -2.21. The third kappa shape index (κ3) is 2.00. The number of hydrogen-bond acceptors (Lipinski definition) is 1. The van der Waals surface area contributed by atoms with Crippen LogP contribution in [0.3, 0.4) is 0 Å². The summed E-state index contributed by atoms with van der Waals surface area (Å²) in [6, 6.07) is 15.5. The molecule has 2 aromatic rings. The number of fused-ring (bicyclic) bond motifs is 2.